The highest BCUT2D eigenvalue weighted by Gasteiger charge is 2.30. The van der Waals surface area contributed by atoms with Crippen molar-refractivity contribution in [3.8, 4) is 0 Å². The van der Waals surface area contributed by atoms with E-state index in [9.17, 15) is 9.59 Å². The van der Waals surface area contributed by atoms with Gasteiger partial charge in [-0.2, -0.15) is 0 Å². The summed E-state index contributed by atoms with van der Waals surface area (Å²) in [6.07, 6.45) is 2.26. The van der Waals surface area contributed by atoms with Gasteiger partial charge in [-0.1, -0.05) is 0 Å². The lowest BCUT2D eigenvalue weighted by Crippen LogP contribution is -2.41. The molecule has 1 aromatic rings. The summed E-state index contributed by atoms with van der Waals surface area (Å²) in [6, 6.07) is 0. The molecule has 1 saturated heterocycles. The van der Waals surface area contributed by atoms with Crippen LogP contribution in [0.3, 0.4) is 0 Å². The Morgan fingerprint density at radius 1 is 1.12 bits per heavy atom. The van der Waals surface area contributed by atoms with Gasteiger partial charge in [-0.25, -0.2) is 14.8 Å². The highest BCUT2D eigenvalue weighted by molar-refractivity contribution is 6.28. The van der Waals surface area contributed by atoms with Gasteiger partial charge in [-0.05, 0) is 45.2 Å². The number of fused-ring (bicyclic) bond motifs is 1. The number of rotatable bonds is 1. The van der Waals surface area contributed by atoms with Crippen LogP contribution in [-0.2, 0) is 22.5 Å². The maximum Gasteiger partial charge on any atom is 0.410 e. The molecule has 0 unspecified atom stereocenters. The van der Waals surface area contributed by atoms with Crippen molar-refractivity contribution in [3.63, 3.8) is 0 Å². The van der Waals surface area contributed by atoms with Crippen molar-refractivity contribution in [1.29, 1.82) is 0 Å². The first-order valence-corrected chi connectivity index (χ1v) is 9.40. The fourth-order valence-corrected chi connectivity index (χ4v) is 3.48. The first-order valence-electron chi connectivity index (χ1n) is 9.03. The van der Waals surface area contributed by atoms with Gasteiger partial charge >= 0.3 is 6.09 Å². The number of aromatic nitrogens is 2. The van der Waals surface area contributed by atoms with E-state index < -0.39 is 5.60 Å². The summed E-state index contributed by atoms with van der Waals surface area (Å²) in [5.74, 6) is 1.09. The van der Waals surface area contributed by atoms with Gasteiger partial charge in [-0.3, -0.25) is 4.79 Å². The summed E-state index contributed by atoms with van der Waals surface area (Å²) in [5.41, 5.74) is 1.24. The van der Waals surface area contributed by atoms with E-state index in [0.717, 1.165) is 30.0 Å². The highest BCUT2D eigenvalue weighted by Crippen LogP contribution is 2.29. The molecule has 0 atom stereocenters. The molecule has 1 aromatic heterocycles. The Bertz CT molecular complexity index is 717. The summed E-state index contributed by atoms with van der Waals surface area (Å²) in [6.45, 7) is 7.87. The summed E-state index contributed by atoms with van der Waals surface area (Å²) in [7, 11) is 0. The minimum atomic E-state index is -0.537. The molecular formula is C18H25ClN4O3. The zero-order valence-electron chi connectivity index (χ0n) is 15.5. The van der Waals surface area contributed by atoms with Crippen molar-refractivity contribution in [3.05, 3.63) is 16.5 Å². The van der Waals surface area contributed by atoms with Crippen molar-refractivity contribution >= 4 is 29.3 Å². The van der Waals surface area contributed by atoms with Crippen LogP contribution in [0.5, 0.6) is 0 Å². The van der Waals surface area contributed by atoms with Gasteiger partial charge in [0, 0.05) is 38.0 Å². The second-order valence-electron chi connectivity index (χ2n) is 7.77. The quantitative estimate of drug-likeness (QED) is 0.697. The molecule has 0 bridgehead atoms. The number of Topliss-reactive ketones (excluding diaryl/α,β-unsaturated/α-hetero) is 1. The zero-order valence-corrected chi connectivity index (χ0v) is 16.3. The summed E-state index contributed by atoms with van der Waals surface area (Å²) >= 11 is 6.15. The minimum absolute atomic E-state index is 0.167. The Morgan fingerprint density at radius 3 is 2.62 bits per heavy atom. The molecule has 142 valence electrons. The number of amides is 1. The van der Waals surface area contributed by atoms with E-state index in [1.807, 2.05) is 20.8 Å². The Hall–Kier alpha value is -1.89. The molecule has 26 heavy (non-hydrogen) atoms. The van der Waals surface area contributed by atoms with E-state index in [0.29, 0.717) is 38.9 Å². The molecule has 0 spiro atoms. The van der Waals surface area contributed by atoms with Crippen LogP contribution in [0.15, 0.2) is 0 Å². The number of nitrogens with zero attached hydrogens (tertiary/aromatic N) is 4. The van der Waals surface area contributed by atoms with Crippen LogP contribution in [0, 0.1) is 0 Å². The van der Waals surface area contributed by atoms with E-state index in [2.05, 4.69) is 14.9 Å². The van der Waals surface area contributed by atoms with Gasteiger partial charge in [0.15, 0.2) is 0 Å². The van der Waals surface area contributed by atoms with E-state index in [1.165, 1.54) is 0 Å². The summed E-state index contributed by atoms with van der Waals surface area (Å²) in [5, 5.41) is 0.167. The number of hydrogen-bond donors (Lipinski definition) is 0. The van der Waals surface area contributed by atoms with Crippen LogP contribution in [0.4, 0.5) is 10.6 Å². The highest BCUT2D eigenvalue weighted by atomic mass is 35.5. The van der Waals surface area contributed by atoms with Crippen LogP contribution >= 0.6 is 11.6 Å². The molecule has 0 N–H and O–H groups in total. The SMILES string of the molecule is CC(C)(C)OC(=O)N1CCc2c(nc(Cl)nc2N2CCCC(=O)CC2)C1. The van der Waals surface area contributed by atoms with Gasteiger partial charge in [0.25, 0.3) is 0 Å². The van der Waals surface area contributed by atoms with Crippen molar-refractivity contribution in [2.75, 3.05) is 24.5 Å². The van der Waals surface area contributed by atoms with Gasteiger partial charge < -0.3 is 14.5 Å². The Morgan fingerprint density at radius 2 is 1.88 bits per heavy atom. The van der Waals surface area contributed by atoms with E-state index in [1.54, 1.807) is 4.90 Å². The molecule has 3 heterocycles. The average molecular weight is 381 g/mol. The second kappa shape index (κ2) is 7.39. The third kappa shape index (κ3) is 4.44. The monoisotopic (exact) mass is 380 g/mol. The molecule has 3 rings (SSSR count). The van der Waals surface area contributed by atoms with Crippen molar-refractivity contribution in [2.24, 2.45) is 0 Å². The zero-order chi connectivity index (χ0) is 18.9. The normalized spacial score (nSPS) is 18.4. The molecule has 2 aliphatic rings. The number of ether oxygens (including phenoxy) is 1. The van der Waals surface area contributed by atoms with E-state index in [-0.39, 0.29) is 17.2 Å². The number of anilines is 1. The largest absolute Gasteiger partial charge is 0.444 e. The van der Waals surface area contributed by atoms with Gasteiger partial charge in [0.05, 0.1) is 12.2 Å². The molecule has 0 aromatic carbocycles. The van der Waals surface area contributed by atoms with E-state index >= 15 is 0 Å². The second-order valence-corrected chi connectivity index (χ2v) is 8.11. The molecule has 7 nitrogen and oxygen atoms in total. The standard InChI is InChI=1S/C18H25ClN4O3/c1-18(2,3)26-17(25)23-10-7-13-14(11-23)20-16(19)21-15(13)22-8-4-5-12(24)6-9-22/h4-11H2,1-3H3. The van der Waals surface area contributed by atoms with Crippen molar-refractivity contribution in [2.45, 2.75) is 58.6 Å². The number of hydrogen-bond acceptors (Lipinski definition) is 6. The molecule has 0 radical (unpaired) electrons. The van der Waals surface area contributed by atoms with E-state index in [4.69, 9.17) is 16.3 Å². The van der Waals surface area contributed by atoms with Gasteiger partial charge in [0.1, 0.15) is 17.2 Å². The topological polar surface area (TPSA) is 75.6 Å². The fraction of sp³-hybridized carbons (Fsp3) is 0.667. The molecule has 0 saturated carbocycles. The smallest absolute Gasteiger partial charge is 0.410 e. The lowest BCUT2D eigenvalue weighted by atomic mass is 10.1. The third-order valence-corrected chi connectivity index (χ3v) is 4.68. The predicted molar refractivity (Wildman–Crippen MR) is 98.5 cm³/mol. The lowest BCUT2D eigenvalue weighted by Gasteiger charge is -2.33. The Kier molecular flexibility index (Phi) is 5.37. The average Bonchev–Trinajstić information content (AvgIpc) is 2.76. The number of halogens is 1. The molecule has 1 fully saturated rings. The van der Waals surface area contributed by atoms with Gasteiger partial charge in [-0.15, -0.1) is 0 Å². The van der Waals surface area contributed by atoms with Crippen molar-refractivity contribution in [1.82, 2.24) is 14.9 Å². The van der Waals surface area contributed by atoms with Crippen molar-refractivity contribution < 1.29 is 14.3 Å². The molecule has 1 amide bonds. The number of ketones is 1. The molecule has 8 heteroatoms. The lowest BCUT2D eigenvalue weighted by molar-refractivity contribution is -0.118. The Labute approximate surface area is 158 Å². The molecular weight excluding hydrogens is 356 g/mol. The summed E-state index contributed by atoms with van der Waals surface area (Å²) < 4.78 is 5.46. The van der Waals surface area contributed by atoms with Crippen LogP contribution < -0.4 is 4.90 Å². The van der Waals surface area contributed by atoms with Gasteiger partial charge in [0.2, 0.25) is 5.28 Å². The van der Waals surface area contributed by atoms with Crippen LogP contribution in [0.1, 0.15) is 51.3 Å². The van der Waals surface area contributed by atoms with Crippen LogP contribution in [0.25, 0.3) is 0 Å². The minimum Gasteiger partial charge on any atom is -0.444 e. The number of carbonyl (C=O) groups is 2. The van der Waals surface area contributed by atoms with Crippen LogP contribution in [-0.4, -0.2) is 52.0 Å². The maximum absolute atomic E-state index is 12.4. The predicted octanol–water partition coefficient (Wildman–Crippen LogP) is 2.98. The number of carbonyl (C=O) groups excluding carboxylic acids is 2. The Balaban J connectivity index is 1.82. The third-order valence-electron chi connectivity index (χ3n) is 4.51. The summed E-state index contributed by atoms with van der Waals surface area (Å²) in [4.78, 5) is 36.6. The molecule has 0 aliphatic carbocycles. The first-order chi connectivity index (χ1) is 12.2. The maximum atomic E-state index is 12.4. The first kappa shape index (κ1) is 18.9. The van der Waals surface area contributed by atoms with Crippen LogP contribution in [0.2, 0.25) is 5.28 Å². The molecule has 2 aliphatic heterocycles. The fourth-order valence-electron chi connectivity index (χ4n) is 3.30.